The van der Waals surface area contributed by atoms with Crippen LogP contribution in [0, 0.1) is 11.6 Å². The van der Waals surface area contributed by atoms with E-state index in [1.54, 1.807) is 6.92 Å². The molecule has 0 aliphatic heterocycles. The molecule has 0 spiro atoms. The lowest BCUT2D eigenvalue weighted by Gasteiger charge is -2.21. The number of halogens is 2. The van der Waals surface area contributed by atoms with E-state index in [1.165, 1.54) is 6.07 Å². The van der Waals surface area contributed by atoms with Gasteiger partial charge in [0.05, 0.1) is 13.2 Å². The maximum absolute atomic E-state index is 13.1. The van der Waals surface area contributed by atoms with Gasteiger partial charge in [-0.15, -0.1) is 0 Å². The van der Waals surface area contributed by atoms with Crippen molar-refractivity contribution in [3.8, 4) is 5.75 Å². The molecule has 1 unspecified atom stereocenters. The molecule has 1 atom stereocenters. The predicted molar refractivity (Wildman–Crippen MR) is 60.8 cm³/mol. The number of ether oxygens (including phenoxy) is 1. The molecule has 0 radical (unpaired) electrons. The van der Waals surface area contributed by atoms with Crippen LogP contribution in [-0.4, -0.2) is 23.9 Å². The van der Waals surface area contributed by atoms with E-state index in [1.807, 2.05) is 0 Å². The highest BCUT2D eigenvalue weighted by Crippen LogP contribution is 2.21. The molecule has 1 aromatic carbocycles. The van der Waals surface area contributed by atoms with Gasteiger partial charge in [-0.3, -0.25) is 0 Å². The zero-order chi connectivity index (χ0) is 12.9. The molecule has 0 fully saturated rings. The molecule has 96 valence electrons. The summed E-state index contributed by atoms with van der Waals surface area (Å²) in [5, 5.41) is 8.91. The summed E-state index contributed by atoms with van der Waals surface area (Å²) in [6.45, 7) is 1.72. The monoisotopic (exact) mass is 245 g/mol. The maximum Gasteiger partial charge on any atom is 0.190 e. The van der Waals surface area contributed by atoms with Gasteiger partial charge < -0.3 is 15.6 Å². The minimum atomic E-state index is -0.720. The normalized spacial score (nSPS) is 14.4. The maximum atomic E-state index is 13.1. The summed E-state index contributed by atoms with van der Waals surface area (Å²) in [7, 11) is 0. The fourth-order valence-corrected chi connectivity index (χ4v) is 1.35. The topological polar surface area (TPSA) is 55.5 Å². The van der Waals surface area contributed by atoms with Crippen LogP contribution in [0.4, 0.5) is 8.78 Å². The molecular weight excluding hydrogens is 228 g/mol. The summed E-state index contributed by atoms with van der Waals surface area (Å²) in [5.74, 6) is -1.81. The molecule has 0 aromatic heterocycles. The summed E-state index contributed by atoms with van der Waals surface area (Å²) in [5.41, 5.74) is 5.02. The molecule has 3 nitrogen and oxygen atoms in total. The first-order valence-corrected chi connectivity index (χ1v) is 5.43. The second-order valence-corrected chi connectivity index (χ2v) is 4.31. The number of hydrogen-bond acceptors (Lipinski definition) is 3. The number of benzene rings is 1. The van der Waals surface area contributed by atoms with E-state index in [2.05, 4.69) is 0 Å². The quantitative estimate of drug-likeness (QED) is 0.752. The molecule has 3 N–H and O–H groups in total. The van der Waals surface area contributed by atoms with Gasteiger partial charge in [-0.05, 0) is 31.9 Å². The summed E-state index contributed by atoms with van der Waals surface area (Å²) in [6.07, 6.45) is 1.03. The van der Waals surface area contributed by atoms with Crippen molar-refractivity contribution >= 4 is 0 Å². The minimum absolute atomic E-state index is 0.138. The molecule has 0 saturated carbocycles. The average molecular weight is 245 g/mol. The minimum Gasteiger partial charge on any atom is -0.488 e. The smallest absolute Gasteiger partial charge is 0.190 e. The first-order valence-electron chi connectivity index (χ1n) is 5.43. The number of para-hydroxylation sites is 1. The first kappa shape index (κ1) is 13.9. The molecule has 5 heteroatoms. The average Bonchev–Trinajstić information content (AvgIpc) is 2.27. The third-order valence-corrected chi connectivity index (χ3v) is 2.42. The lowest BCUT2D eigenvalue weighted by Crippen LogP contribution is -2.40. The highest BCUT2D eigenvalue weighted by molar-refractivity contribution is 5.25. The van der Waals surface area contributed by atoms with Gasteiger partial charge in [0, 0.05) is 5.54 Å². The molecule has 0 amide bonds. The lowest BCUT2D eigenvalue weighted by molar-refractivity contribution is 0.186. The van der Waals surface area contributed by atoms with Crippen LogP contribution in [0.25, 0.3) is 0 Å². The van der Waals surface area contributed by atoms with E-state index >= 15 is 0 Å². The molecule has 0 heterocycles. The van der Waals surface area contributed by atoms with Crippen molar-refractivity contribution in [1.82, 2.24) is 0 Å². The van der Waals surface area contributed by atoms with E-state index in [-0.39, 0.29) is 19.0 Å². The second-order valence-electron chi connectivity index (χ2n) is 4.31. The zero-order valence-corrected chi connectivity index (χ0v) is 9.75. The van der Waals surface area contributed by atoms with Crippen LogP contribution >= 0.6 is 0 Å². The van der Waals surface area contributed by atoms with Crippen molar-refractivity contribution in [1.29, 1.82) is 0 Å². The van der Waals surface area contributed by atoms with Crippen LogP contribution < -0.4 is 10.5 Å². The van der Waals surface area contributed by atoms with Crippen molar-refractivity contribution in [3.05, 3.63) is 29.8 Å². The molecular formula is C12H17F2NO2. The number of hydrogen-bond donors (Lipinski definition) is 2. The van der Waals surface area contributed by atoms with Gasteiger partial charge in [0.1, 0.15) is 0 Å². The van der Waals surface area contributed by atoms with Crippen LogP contribution in [0.15, 0.2) is 18.2 Å². The summed E-state index contributed by atoms with van der Waals surface area (Å²) in [4.78, 5) is 0. The SMILES string of the molecule is CC(N)(CO)CCCOc1c(F)cccc1F. The Balaban J connectivity index is 2.42. The van der Waals surface area contributed by atoms with Gasteiger partial charge in [0.2, 0.25) is 0 Å². The van der Waals surface area contributed by atoms with Gasteiger partial charge in [-0.1, -0.05) is 6.07 Å². The van der Waals surface area contributed by atoms with E-state index in [9.17, 15) is 8.78 Å². The van der Waals surface area contributed by atoms with Crippen molar-refractivity contribution < 1.29 is 18.6 Å². The highest BCUT2D eigenvalue weighted by Gasteiger charge is 2.16. The Kier molecular flexibility index (Phi) is 4.84. The Hall–Kier alpha value is -1.20. The molecule has 1 aromatic rings. The van der Waals surface area contributed by atoms with Crippen molar-refractivity contribution in [2.24, 2.45) is 5.73 Å². The Bertz CT molecular complexity index is 349. The van der Waals surface area contributed by atoms with Gasteiger partial charge in [-0.2, -0.15) is 0 Å². The molecule has 0 aliphatic rings. The van der Waals surface area contributed by atoms with E-state index in [4.69, 9.17) is 15.6 Å². The largest absolute Gasteiger partial charge is 0.488 e. The third kappa shape index (κ3) is 4.28. The summed E-state index contributed by atoms with van der Waals surface area (Å²) in [6, 6.07) is 3.55. The predicted octanol–water partition coefficient (Wildman–Crippen LogP) is 1.83. The van der Waals surface area contributed by atoms with Crippen LogP contribution in [0.1, 0.15) is 19.8 Å². The Morgan fingerprint density at radius 1 is 1.35 bits per heavy atom. The van der Waals surface area contributed by atoms with Gasteiger partial charge in [0.15, 0.2) is 17.4 Å². The van der Waals surface area contributed by atoms with Crippen molar-refractivity contribution in [2.45, 2.75) is 25.3 Å². The fraction of sp³-hybridized carbons (Fsp3) is 0.500. The third-order valence-electron chi connectivity index (χ3n) is 2.42. The molecule has 0 saturated heterocycles. The summed E-state index contributed by atoms with van der Waals surface area (Å²) >= 11 is 0. The van der Waals surface area contributed by atoms with Gasteiger partial charge in [-0.25, -0.2) is 8.78 Å². The fourth-order valence-electron chi connectivity index (χ4n) is 1.35. The molecule has 1 rings (SSSR count). The lowest BCUT2D eigenvalue weighted by atomic mass is 9.99. The van der Waals surface area contributed by atoms with Crippen LogP contribution in [0.2, 0.25) is 0 Å². The van der Waals surface area contributed by atoms with E-state index in [0.29, 0.717) is 12.8 Å². The van der Waals surface area contributed by atoms with Gasteiger partial charge in [0.25, 0.3) is 0 Å². The summed E-state index contributed by atoms with van der Waals surface area (Å²) < 4.78 is 31.3. The Labute approximate surface area is 99.2 Å². The Morgan fingerprint density at radius 3 is 2.47 bits per heavy atom. The number of nitrogens with two attached hydrogens (primary N) is 1. The van der Waals surface area contributed by atoms with Crippen molar-refractivity contribution in [2.75, 3.05) is 13.2 Å². The van der Waals surface area contributed by atoms with E-state index < -0.39 is 17.2 Å². The molecule has 0 bridgehead atoms. The van der Waals surface area contributed by atoms with E-state index in [0.717, 1.165) is 12.1 Å². The zero-order valence-electron chi connectivity index (χ0n) is 9.75. The van der Waals surface area contributed by atoms with Crippen LogP contribution in [0.5, 0.6) is 5.75 Å². The van der Waals surface area contributed by atoms with Crippen molar-refractivity contribution in [3.63, 3.8) is 0 Å². The molecule has 0 aliphatic carbocycles. The number of rotatable bonds is 6. The van der Waals surface area contributed by atoms with Gasteiger partial charge >= 0.3 is 0 Å². The molecule has 17 heavy (non-hydrogen) atoms. The highest BCUT2D eigenvalue weighted by atomic mass is 19.1. The Morgan fingerprint density at radius 2 is 1.94 bits per heavy atom. The number of aliphatic hydroxyl groups excluding tert-OH is 1. The first-order chi connectivity index (χ1) is 7.96. The van der Waals surface area contributed by atoms with Crippen LogP contribution in [0.3, 0.4) is 0 Å². The van der Waals surface area contributed by atoms with Crippen LogP contribution in [-0.2, 0) is 0 Å². The standard InChI is InChI=1S/C12H17F2NO2/c1-12(15,8-16)6-3-7-17-11-9(13)4-2-5-10(11)14/h2,4-5,16H,3,6-8,15H2,1H3. The number of aliphatic hydroxyl groups is 1. The second kappa shape index (κ2) is 5.93.